The van der Waals surface area contributed by atoms with Crippen LogP contribution in [-0.4, -0.2) is 58.8 Å². The molecule has 1 fully saturated rings. The van der Waals surface area contributed by atoms with Gasteiger partial charge in [0.05, 0.1) is 11.2 Å². The highest BCUT2D eigenvalue weighted by Gasteiger charge is 2.43. The van der Waals surface area contributed by atoms with Crippen LogP contribution in [-0.2, 0) is 17.9 Å². The minimum absolute atomic E-state index is 0.0972. The number of amides is 2. The number of hydrogen-bond acceptors (Lipinski definition) is 6. The van der Waals surface area contributed by atoms with Crippen molar-refractivity contribution in [2.45, 2.75) is 57.8 Å². The van der Waals surface area contributed by atoms with E-state index in [4.69, 9.17) is 5.73 Å². The average molecular weight is 380 g/mol. The quantitative estimate of drug-likeness (QED) is 0.820. The summed E-state index contributed by atoms with van der Waals surface area (Å²) in [6.45, 7) is 6.24. The third kappa shape index (κ3) is 3.63. The van der Waals surface area contributed by atoms with Gasteiger partial charge in [-0.25, -0.2) is 4.98 Å². The number of nitrogens with zero attached hydrogens (tertiary/aromatic N) is 3. The zero-order valence-corrected chi connectivity index (χ0v) is 16.9. The van der Waals surface area contributed by atoms with Crippen LogP contribution in [0.15, 0.2) is 0 Å². The summed E-state index contributed by atoms with van der Waals surface area (Å²) in [6.07, 6.45) is 2.06. The van der Waals surface area contributed by atoms with E-state index < -0.39 is 5.54 Å². The van der Waals surface area contributed by atoms with Crippen LogP contribution in [0.1, 0.15) is 53.5 Å². The van der Waals surface area contributed by atoms with Crippen molar-refractivity contribution in [2.75, 3.05) is 20.6 Å². The first kappa shape index (κ1) is 19.3. The smallest absolute Gasteiger partial charge is 0.280 e. The maximum Gasteiger partial charge on any atom is 0.280 e. The van der Waals surface area contributed by atoms with Crippen LogP contribution in [0.25, 0.3) is 0 Å². The van der Waals surface area contributed by atoms with E-state index in [2.05, 4.69) is 15.2 Å². The number of nitrogens with one attached hydrogen (secondary N) is 1. The van der Waals surface area contributed by atoms with Crippen LogP contribution in [0.3, 0.4) is 0 Å². The molecule has 0 bridgehead atoms. The monoisotopic (exact) mass is 379 g/mol. The van der Waals surface area contributed by atoms with Crippen LogP contribution >= 0.6 is 11.3 Å². The molecule has 3 rings (SSSR count). The summed E-state index contributed by atoms with van der Waals surface area (Å²) in [4.78, 5) is 34.9. The van der Waals surface area contributed by atoms with Gasteiger partial charge in [0.1, 0.15) is 0 Å². The molecule has 2 amide bonds. The molecule has 0 saturated heterocycles. The van der Waals surface area contributed by atoms with E-state index in [1.807, 2.05) is 27.9 Å². The molecule has 0 unspecified atom stereocenters. The first-order valence-electron chi connectivity index (χ1n) is 9.23. The largest absolute Gasteiger partial charge is 0.346 e. The Bertz CT molecular complexity index is 682. The van der Waals surface area contributed by atoms with E-state index in [9.17, 15) is 9.59 Å². The molecule has 144 valence electrons. The summed E-state index contributed by atoms with van der Waals surface area (Å²) in [6, 6.07) is -0.166. The fourth-order valence-corrected chi connectivity index (χ4v) is 4.93. The van der Waals surface area contributed by atoms with Crippen LogP contribution in [0.2, 0.25) is 0 Å². The molecule has 1 aromatic rings. The van der Waals surface area contributed by atoms with Gasteiger partial charge in [0, 0.05) is 43.5 Å². The summed E-state index contributed by atoms with van der Waals surface area (Å²) < 4.78 is 0. The van der Waals surface area contributed by atoms with Crippen molar-refractivity contribution in [3.05, 3.63) is 15.6 Å². The van der Waals surface area contributed by atoms with Gasteiger partial charge in [-0.05, 0) is 40.2 Å². The predicted octanol–water partition coefficient (Wildman–Crippen LogP) is 1.18. The summed E-state index contributed by atoms with van der Waals surface area (Å²) in [5.74, 6) is -0.141. The number of nitrogens with two attached hydrogens (primary N) is 1. The second-order valence-corrected chi connectivity index (χ2v) is 8.95. The van der Waals surface area contributed by atoms with E-state index in [1.165, 1.54) is 11.3 Å². The fraction of sp³-hybridized carbons (Fsp3) is 0.722. The van der Waals surface area contributed by atoms with Crippen molar-refractivity contribution in [1.29, 1.82) is 0 Å². The van der Waals surface area contributed by atoms with Crippen LogP contribution < -0.4 is 11.1 Å². The highest BCUT2D eigenvalue weighted by atomic mass is 32.1. The van der Waals surface area contributed by atoms with E-state index in [0.717, 1.165) is 36.5 Å². The van der Waals surface area contributed by atoms with E-state index >= 15 is 0 Å². The first-order chi connectivity index (χ1) is 12.2. The maximum absolute atomic E-state index is 12.8. The second kappa shape index (κ2) is 7.25. The molecule has 0 radical (unpaired) electrons. The lowest BCUT2D eigenvalue weighted by molar-refractivity contribution is -0.136. The van der Waals surface area contributed by atoms with Gasteiger partial charge >= 0.3 is 0 Å². The lowest BCUT2D eigenvalue weighted by atomic mass is 9.73. The topological polar surface area (TPSA) is 91.6 Å². The Balaban J connectivity index is 1.71. The number of fused-ring (bicyclic) bond motifs is 1. The molecule has 7 nitrogen and oxygen atoms in total. The molecule has 1 aliphatic heterocycles. The summed E-state index contributed by atoms with van der Waals surface area (Å²) in [5, 5.41) is 3.60. The molecule has 2 aliphatic rings. The van der Waals surface area contributed by atoms with E-state index in [0.29, 0.717) is 18.0 Å². The lowest BCUT2D eigenvalue weighted by Gasteiger charge is -2.43. The van der Waals surface area contributed by atoms with Crippen molar-refractivity contribution < 1.29 is 9.59 Å². The minimum Gasteiger partial charge on any atom is -0.346 e. The first-order valence-corrected chi connectivity index (χ1v) is 10.1. The third-order valence-electron chi connectivity index (χ3n) is 5.72. The lowest BCUT2D eigenvalue weighted by Crippen LogP contribution is -2.62. The molecule has 3 N–H and O–H groups in total. The second-order valence-electron chi connectivity index (χ2n) is 7.87. The van der Waals surface area contributed by atoms with Crippen molar-refractivity contribution in [1.82, 2.24) is 20.1 Å². The number of carbonyl (C=O) groups is 2. The van der Waals surface area contributed by atoms with Crippen molar-refractivity contribution in [3.8, 4) is 0 Å². The number of aromatic nitrogens is 1. The summed E-state index contributed by atoms with van der Waals surface area (Å²) in [7, 11) is 3.86. The molecular weight excluding hydrogens is 350 g/mol. The Labute approximate surface area is 158 Å². The molecule has 3 atom stereocenters. The molecular formula is C18H29N5O2S. The Kier molecular flexibility index (Phi) is 5.37. The highest BCUT2D eigenvalue weighted by Crippen LogP contribution is 2.34. The molecule has 2 heterocycles. The van der Waals surface area contributed by atoms with Gasteiger partial charge < -0.3 is 16.0 Å². The predicted molar refractivity (Wildman–Crippen MR) is 102 cm³/mol. The molecule has 0 aromatic carbocycles. The van der Waals surface area contributed by atoms with Crippen molar-refractivity contribution in [2.24, 2.45) is 11.7 Å². The molecule has 1 saturated carbocycles. The molecule has 8 heteroatoms. The Morgan fingerprint density at radius 1 is 1.42 bits per heavy atom. The Hall–Kier alpha value is -1.51. The SMILES string of the molecule is CCN(C)C(=O)[C@H]1CC[C@H](N)[C@@](C)(NC(=O)c2nc3c(s2)CN(C)C3)C1. The molecule has 1 aromatic heterocycles. The number of hydrogen-bond donors (Lipinski definition) is 2. The van der Waals surface area contributed by atoms with Gasteiger partial charge in [-0.2, -0.15) is 0 Å². The van der Waals surface area contributed by atoms with E-state index in [-0.39, 0.29) is 23.8 Å². The van der Waals surface area contributed by atoms with Crippen molar-refractivity contribution >= 4 is 23.2 Å². The van der Waals surface area contributed by atoms with Crippen LogP contribution in [0.5, 0.6) is 0 Å². The maximum atomic E-state index is 12.8. The summed E-state index contributed by atoms with van der Waals surface area (Å²) >= 11 is 1.46. The normalized spacial score (nSPS) is 28.7. The third-order valence-corrected chi connectivity index (χ3v) is 6.80. The van der Waals surface area contributed by atoms with Gasteiger partial charge in [0.15, 0.2) is 5.01 Å². The highest BCUT2D eigenvalue weighted by molar-refractivity contribution is 7.13. The average Bonchev–Trinajstić information content (AvgIpc) is 3.13. The Morgan fingerprint density at radius 2 is 2.15 bits per heavy atom. The van der Waals surface area contributed by atoms with Gasteiger partial charge in [-0.3, -0.25) is 14.5 Å². The number of thiazole rings is 1. The standard InChI is InChI=1S/C18H29N5O2S/c1-5-23(4)17(25)11-6-7-14(19)18(2,8-11)21-15(24)16-20-12-9-22(3)10-13(12)26-16/h11,14H,5-10,19H2,1-4H3,(H,21,24)/t11-,14-,18-/m0/s1. The van der Waals surface area contributed by atoms with Gasteiger partial charge in [-0.15, -0.1) is 11.3 Å². The number of rotatable bonds is 4. The van der Waals surface area contributed by atoms with E-state index in [1.54, 1.807) is 4.90 Å². The number of carbonyl (C=O) groups excluding carboxylic acids is 2. The van der Waals surface area contributed by atoms with Gasteiger partial charge in [0.2, 0.25) is 5.91 Å². The van der Waals surface area contributed by atoms with Crippen LogP contribution in [0, 0.1) is 5.92 Å². The van der Waals surface area contributed by atoms with Crippen molar-refractivity contribution in [3.63, 3.8) is 0 Å². The summed E-state index contributed by atoms with van der Waals surface area (Å²) in [5.41, 5.74) is 6.74. The van der Waals surface area contributed by atoms with Crippen LogP contribution in [0.4, 0.5) is 0 Å². The zero-order valence-electron chi connectivity index (χ0n) is 16.0. The zero-order chi connectivity index (χ0) is 19.1. The molecule has 26 heavy (non-hydrogen) atoms. The van der Waals surface area contributed by atoms with Gasteiger partial charge in [0.25, 0.3) is 5.91 Å². The molecule has 0 spiro atoms. The fourth-order valence-electron chi connectivity index (χ4n) is 3.88. The van der Waals surface area contributed by atoms with Gasteiger partial charge in [-0.1, -0.05) is 0 Å². The minimum atomic E-state index is -0.600. The Morgan fingerprint density at radius 3 is 2.81 bits per heavy atom. The molecule has 1 aliphatic carbocycles.